The molecule has 2 aromatic rings. The van der Waals surface area contributed by atoms with Gasteiger partial charge in [0.1, 0.15) is 0 Å². The monoisotopic (exact) mass is 317 g/mol. The number of aliphatic carboxylic acids is 1. The van der Waals surface area contributed by atoms with Gasteiger partial charge in [0, 0.05) is 19.0 Å². The van der Waals surface area contributed by atoms with E-state index in [0.717, 1.165) is 12.5 Å². The number of hydrogen-bond acceptors (Lipinski definition) is 5. The number of phenols is 2. The summed E-state index contributed by atoms with van der Waals surface area (Å²) in [6.07, 6.45) is 0. The summed E-state index contributed by atoms with van der Waals surface area (Å²) in [7, 11) is 0. The van der Waals surface area contributed by atoms with Crippen LogP contribution in [-0.2, 0) is 11.3 Å². The van der Waals surface area contributed by atoms with Gasteiger partial charge in [0.05, 0.1) is 6.54 Å². The van der Waals surface area contributed by atoms with E-state index in [0.29, 0.717) is 12.1 Å². The van der Waals surface area contributed by atoms with Gasteiger partial charge in [-0.15, -0.1) is 0 Å². The van der Waals surface area contributed by atoms with Crippen LogP contribution in [0.2, 0.25) is 0 Å². The molecule has 2 aromatic carbocycles. The van der Waals surface area contributed by atoms with E-state index in [-0.39, 0.29) is 23.8 Å². The minimum Gasteiger partial charge on any atom is -0.504 e. The van der Waals surface area contributed by atoms with Crippen molar-refractivity contribution in [3.8, 4) is 11.5 Å². The highest BCUT2D eigenvalue weighted by Gasteiger charge is 2.08. The first-order valence-electron chi connectivity index (χ1n) is 6.89. The molecule has 0 fully saturated rings. The third-order valence-electron chi connectivity index (χ3n) is 2.75. The van der Waals surface area contributed by atoms with Gasteiger partial charge < -0.3 is 20.6 Å². The number of benzene rings is 2. The Morgan fingerprint density at radius 1 is 1.00 bits per heavy atom. The molecule has 0 heterocycles. The van der Waals surface area contributed by atoms with Gasteiger partial charge in [-0.25, -0.2) is 0 Å². The van der Waals surface area contributed by atoms with E-state index >= 15 is 0 Å². The third-order valence-corrected chi connectivity index (χ3v) is 2.75. The summed E-state index contributed by atoms with van der Waals surface area (Å²) in [5.41, 5.74) is 1.47. The zero-order chi connectivity index (χ0) is 17.2. The van der Waals surface area contributed by atoms with E-state index in [2.05, 4.69) is 5.32 Å². The van der Waals surface area contributed by atoms with Crippen LogP contribution < -0.4 is 5.32 Å². The molecule has 0 atom stereocenters. The van der Waals surface area contributed by atoms with Gasteiger partial charge in [-0.1, -0.05) is 30.3 Å². The number of Topliss-reactive ketones (excluding diaryl/α,β-unsaturated/α-hetero) is 1. The van der Waals surface area contributed by atoms with Gasteiger partial charge >= 0.3 is 0 Å². The fraction of sp³-hybridized carbons (Fsp3) is 0.176. The molecule has 0 saturated carbocycles. The molecule has 0 aliphatic heterocycles. The number of phenolic OH excluding ortho intramolecular Hbond substituents is 2. The van der Waals surface area contributed by atoms with Crippen molar-refractivity contribution >= 4 is 11.8 Å². The van der Waals surface area contributed by atoms with Crippen molar-refractivity contribution in [1.82, 2.24) is 5.32 Å². The maximum atomic E-state index is 11.8. The number of carbonyl (C=O) groups excluding carboxylic acids is 1. The van der Waals surface area contributed by atoms with Crippen LogP contribution in [-0.4, -0.2) is 33.6 Å². The first kappa shape index (κ1) is 18.2. The molecule has 6 nitrogen and oxygen atoms in total. The first-order chi connectivity index (χ1) is 10.9. The molecule has 0 amide bonds. The summed E-state index contributed by atoms with van der Waals surface area (Å²) >= 11 is 0. The van der Waals surface area contributed by atoms with Gasteiger partial charge in [-0.05, 0) is 23.8 Å². The van der Waals surface area contributed by atoms with Gasteiger partial charge in [-0.2, -0.15) is 0 Å². The molecule has 23 heavy (non-hydrogen) atoms. The van der Waals surface area contributed by atoms with Crippen molar-refractivity contribution in [2.24, 2.45) is 0 Å². The zero-order valence-corrected chi connectivity index (χ0v) is 12.7. The Kier molecular flexibility index (Phi) is 7.29. The molecule has 0 saturated heterocycles. The first-order valence-corrected chi connectivity index (χ1v) is 6.89. The standard InChI is InChI=1S/C15H15NO3.C2H4O2/c17-13-7-6-12(8-14(13)18)15(19)10-16-9-11-4-2-1-3-5-11;1-2(3)4/h1-8,16-18H,9-10H2;1H3,(H,3,4). The Morgan fingerprint density at radius 2 is 1.61 bits per heavy atom. The molecule has 122 valence electrons. The minimum atomic E-state index is -0.833. The SMILES string of the molecule is CC(=O)O.O=C(CNCc1ccccc1)c1ccc(O)c(O)c1. The van der Waals surface area contributed by atoms with Gasteiger partial charge in [-0.3, -0.25) is 9.59 Å². The average Bonchev–Trinajstić information content (AvgIpc) is 2.50. The highest BCUT2D eigenvalue weighted by molar-refractivity contribution is 5.98. The fourth-order valence-corrected chi connectivity index (χ4v) is 1.72. The number of aromatic hydroxyl groups is 2. The molecule has 0 aromatic heterocycles. The molecule has 0 bridgehead atoms. The van der Waals surface area contributed by atoms with E-state index in [1.165, 1.54) is 18.2 Å². The van der Waals surface area contributed by atoms with Crippen LogP contribution >= 0.6 is 0 Å². The molecule has 0 unspecified atom stereocenters. The molecular weight excluding hydrogens is 298 g/mol. The summed E-state index contributed by atoms with van der Waals surface area (Å²) in [6.45, 7) is 1.87. The smallest absolute Gasteiger partial charge is 0.300 e. The lowest BCUT2D eigenvalue weighted by Crippen LogP contribution is -2.22. The number of ketones is 1. The summed E-state index contributed by atoms with van der Waals surface area (Å²) in [5, 5.41) is 29.0. The average molecular weight is 317 g/mol. The highest BCUT2D eigenvalue weighted by atomic mass is 16.4. The maximum absolute atomic E-state index is 11.8. The van der Waals surface area contributed by atoms with Crippen molar-refractivity contribution in [1.29, 1.82) is 0 Å². The van der Waals surface area contributed by atoms with Crippen LogP contribution in [0.1, 0.15) is 22.8 Å². The van der Waals surface area contributed by atoms with Gasteiger partial charge in [0.25, 0.3) is 5.97 Å². The van der Waals surface area contributed by atoms with Crippen molar-refractivity contribution in [3.05, 3.63) is 59.7 Å². The van der Waals surface area contributed by atoms with Crippen LogP contribution in [0.15, 0.2) is 48.5 Å². The molecule has 0 spiro atoms. The molecule has 0 aliphatic rings. The van der Waals surface area contributed by atoms with E-state index < -0.39 is 5.97 Å². The Labute approximate surface area is 134 Å². The Morgan fingerprint density at radius 3 is 2.17 bits per heavy atom. The van der Waals surface area contributed by atoms with Gasteiger partial charge in [0.15, 0.2) is 17.3 Å². The van der Waals surface area contributed by atoms with Crippen LogP contribution in [0.5, 0.6) is 11.5 Å². The quantitative estimate of drug-likeness (QED) is 0.497. The predicted molar refractivity (Wildman–Crippen MR) is 85.6 cm³/mol. The Bertz CT molecular complexity index is 651. The third kappa shape index (κ3) is 7.10. The molecule has 0 aliphatic carbocycles. The van der Waals surface area contributed by atoms with Crippen LogP contribution in [0.25, 0.3) is 0 Å². The predicted octanol–water partition coefficient (Wildman–Crippen LogP) is 2.16. The summed E-state index contributed by atoms with van der Waals surface area (Å²) in [6, 6.07) is 13.8. The van der Waals surface area contributed by atoms with E-state index in [1.807, 2.05) is 30.3 Å². The van der Waals surface area contributed by atoms with Crippen molar-refractivity contribution in [2.45, 2.75) is 13.5 Å². The lowest BCUT2D eigenvalue weighted by atomic mass is 10.1. The lowest BCUT2D eigenvalue weighted by molar-refractivity contribution is -0.134. The molecular formula is C17H19NO5. The molecule has 2 rings (SSSR count). The largest absolute Gasteiger partial charge is 0.504 e. The van der Waals surface area contributed by atoms with E-state index in [9.17, 15) is 15.0 Å². The second kappa shape index (κ2) is 9.22. The number of carbonyl (C=O) groups is 2. The highest BCUT2D eigenvalue weighted by Crippen LogP contribution is 2.24. The Hall–Kier alpha value is -2.86. The Balaban J connectivity index is 0.000000593. The summed E-state index contributed by atoms with van der Waals surface area (Å²) in [4.78, 5) is 20.8. The molecule has 0 radical (unpaired) electrons. The van der Waals surface area contributed by atoms with Crippen molar-refractivity contribution < 1.29 is 24.9 Å². The van der Waals surface area contributed by atoms with Crippen molar-refractivity contribution in [3.63, 3.8) is 0 Å². The maximum Gasteiger partial charge on any atom is 0.300 e. The van der Waals surface area contributed by atoms with E-state index in [4.69, 9.17) is 9.90 Å². The van der Waals surface area contributed by atoms with Crippen molar-refractivity contribution in [2.75, 3.05) is 6.54 Å². The topological polar surface area (TPSA) is 107 Å². The van der Waals surface area contributed by atoms with Crippen LogP contribution in [0.4, 0.5) is 0 Å². The van der Waals surface area contributed by atoms with Crippen LogP contribution in [0.3, 0.4) is 0 Å². The van der Waals surface area contributed by atoms with E-state index in [1.54, 1.807) is 0 Å². The minimum absolute atomic E-state index is 0.133. The van der Waals surface area contributed by atoms with Crippen LogP contribution in [0, 0.1) is 0 Å². The number of carboxylic acids is 1. The number of rotatable bonds is 5. The molecule has 6 heteroatoms. The second-order valence-corrected chi connectivity index (χ2v) is 4.73. The molecule has 4 N–H and O–H groups in total. The lowest BCUT2D eigenvalue weighted by Gasteiger charge is -2.05. The van der Waals surface area contributed by atoms with Gasteiger partial charge in [0.2, 0.25) is 0 Å². The summed E-state index contributed by atoms with van der Waals surface area (Å²) in [5.74, 6) is -1.48. The second-order valence-electron chi connectivity index (χ2n) is 4.73. The number of nitrogens with one attached hydrogen (secondary N) is 1. The zero-order valence-electron chi connectivity index (χ0n) is 12.7. The fourth-order valence-electron chi connectivity index (χ4n) is 1.72. The normalized spacial score (nSPS) is 9.61. The summed E-state index contributed by atoms with van der Waals surface area (Å²) < 4.78 is 0. The number of hydrogen-bond donors (Lipinski definition) is 4. The number of carboxylic acid groups (broad SMARTS) is 1.